The highest BCUT2D eigenvalue weighted by Crippen LogP contribution is 2.39. The molecule has 22 heteroatoms. The molecule has 21 nitrogen and oxygen atoms in total. The van der Waals surface area contributed by atoms with Crippen LogP contribution in [0.4, 0.5) is 0 Å². The number of carbonyl (C=O) groups excluding carboxylic acids is 10. The number of amides is 2. The highest BCUT2D eigenvalue weighted by molar-refractivity contribution is 8.00. The summed E-state index contributed by atoms with van der Waals surface area (Å²) in [5, 5.41) is 3.34. The summed E-state index contributed by atoms with van der Waals surface area (Å²) >= 11 is 0.581. The van der Waals surface area contributed by atoms with Crippen molar-refractivity contribution in [3.05, 3.63) is 0 Å². The number of ether oxygens (including phenoxy) is 9. The largest absolute Gasteiger partial charge is 0.463 e. The Morgan fingerprint density at radius 3 is 1.52 bits per heavy atom. The van der Waals surface area contributed by atoms with Gasteiger partial charge >= 0.3 is 47.8 Å². The van der Waals surface area contributed by atoms with Gasteiger partial charge in [0.05, 0.1) is 5.25 Å². The van der Waals surface area contributed by atoms with Gasteiger partial charge in [0.15, 0.2) is 18.3 Å². The van der Waals surface area contributed by atoms with Gasteiger partial charge < -0.3 is 53.3 Å². The molecular formula is C32H46N2O19S. The van der Waals surface area contributed by atoms with Crippen LogP contribution in [-0.4, -0.2) is 132 Å². The zero-order valence-corrected chi connectivity index (χ0v) is 32.2. The molecule has 1 fully saturated rings. The van der Waals surface area contributed by atoms with E-state index < -0.39 is 132 Å². The van der Waals surface area contributed by atoms with Crippen molar-refractivity contribution >= 4 is 71.3 Å². The second kappa shape index (κ2) is 22.3. The van der Waals surface area contributed by atoms with Gasteiger partial charge in [-0.3, -0.25) is 47.9 Å². The minimum atomic E-state index is -2.01. The van der Waals surface area contributed by atoms with Crippen LogP contribution in [0.3, 0.4) is 0 Å². The van der Waals surface area contributed by atoms with Gasteiger partial charge in [-0.1, -0.05) is 0 Å². The monoisotopic (exact) mass is 794 g/mol. The summed E-state index contributed by atoms with van der Waals surface area (Å²) in [5.41, 5.74) is -1.54. The van der Waals surface area contributed by atoms with Crippen molar-refractivity contribution in [1.82, 2.24) is 10.6 Å². The first kappa shape index (κ1) is 47.0. The highest BCUT2D eigenvalue weighted by atomic mass is 32.2. The molecule has 0 aliphatic carbocycles. The van der Waals surface area contributed by atoms with E-state index in [1.54, 1.807) is 0 Å². The predicted molar refractivity (Wildman–Crippen MR) is 178 cm³/mol. The van der Waals surface area contributed by atoms with Crippen LogP contribution in [0.25, 0.3) is 0 Å². The summed E-state index contributed by atoms with van der Waals surface area (Å²) in [5.74, 6) is -9.05. The Kier molecular flexibility index (Phi) is 19.4. The van der Waals surface area contributed by atoms with Crippen LogP contribution in [0.5, 0.6) is 0 Å². The highest BCUT2D eigenvalue weighted by Gasteiger charge is 2.54. The molecule has 9 atom stereocenters. The molecule has 2 amide bonds. The van der Waals surface area contributed by atoms with Gasteiger partial charge in [-0.05, 0) is 0 Å². The molecule has 0 unspecified atom stereocenters. The standard InChI is InChI=1S/C32H46N2O19S/c1-13(35)33-25(31(51-21(9)43)52-22(10)44)29(50-20(8)42)30(24(47-17(5)39)12-46-16(4)38)54-32-26(34-14(2)36)28(49-19(7)41)27(48-18(6)40)23(53-32)11-45-15(3)37/h23-32H,11-12H2,1-10H3,(H,33,35)(H,34,36)/t23-,24-,25-,26-,27-,28-,29-,30-,32+/m1/s1. The lowest BCUT2D eigenvalue weighted by Gasteiger charge is -2.47. The van der Waals surface area contributed by atoms with E-state index in [0.717, 1.165) is 69.2 Å². The third-order valence-corrected chi connectivity index (χ3v) is 8.26. The Labute approximate surface area is 314 Å². The minimum absolute atomic E-state index is 0.581. The van der Waals surface area contributed by atoms with Crippen LogP contribution >= 0.6 is 11.8 Å². The molecule has 0 aromatic carbocycles. The van der Waals surface area contributed by atoms with E-state index in [0.29, 0.717) is 11.8 Å². The summed E-state index contributed by atoms with van der Waals surface area (Å²) in [6.07, 6.45) is -10.1. The van der Waals surface area contributed by atoms with Crippen LogP contribution in [0.15, 0.2) is 0 Å². The first-order valence-corrected chi connectivity index (χ1v) is 17.1. The van der Waals surface area contributed by atoms with E-state index in [4.69, 9.17) is 42.6 Å². The molecule has 1 aliphatic rings. The van der Waals surface area contributed by atoms with E-state index in [9.17, 15) is 47.9 Å². The number of nitrogens with one attached hydrogen (secondary N) is 2. The summed E-state index contributed by atoms with van der Waals surface area (Å²) in [6, 6.07) is -3.27. The van der Waals surface area contributed by atoms with Crippen molar-refractivity contribution in [2.24, 2.45) is 0 Å². The third-order valence-electron chi connectivity index (χ3n) is 6.70. The summed E-state index contributed by atoms with van der Waals surface area (Å²) in [6.45, 7) is 8.75. The van der Waals surface area contributed by atoms with Crippen molar-refractivity contribution in [2.45, 2.75) is 129 Å². The Hall–Kier alpha value is -4.99. The molecule has 0 saturated carbocycles. The summed E-state index contributed by atoms with van der Waals surface area (Å²) in [4.78, 5) is 123. The van der Waals surface area contributed by atoms with Gasteiger partial charge in [-0.25, -0.2) is 0 Å². The Morgan fingerprint density at radius 1 is 0.593 bits per heavy atom. The maximum atomic E-state index is 12.8. The SMILES string of the molecule is CC(=O)N[C@@H]1[C@@H](OC(C)=O)[C@H](OC(C)=O)[C@@H](COC(C)=O)O[C@H]1S[C@@H]([C@H](OC(C)=O)[C@@H](NC(C)=O)C(OC(C)=O)OC(C)=O)[C@@H](COC(C)=O)OC(C)=O. The van der Waals surface area contributed by atoms with Crippen LogP contribution in [0, 0.1) is 0 Å². The van der Waals surface area contributed by atoms with Crippen molar-refractivity contribution in [1.29, 1.82) is 0 Å². The van der Waals surface area contributed by atoms with Crippen molar-refractivity contribution in [2.75, 3.05) is 13.2 Å². The first-order chi connectivity index (χ1) is 25.0. The van der Waals surface area contributed by atoms with E-state index in [2.05, 4.69) is 10.6 Å². The second-order valence-electron chi connectivity index (χ2n) is 11.7. The molecule has 0 bridgehead atoms. The average molecular weight is 795 g/mol. The molecular weight excluding hydrogens is 748 g/mol. The van der Waals surface area contributed by atoms with E-state index in [-0.39, 0.29) is 0 Å². The molecule has 0 radical (unpaired) electrons. The number of carbonyl (C=O) groups is 10. The number of hydrogen-bond donors (Lipinski definition) is 2. The zero-order valence-electron chi connectivity index (χ0n) is 31.4. The normalized spacial score (nSPS) is 21.4. The van der Waals surface area contributed by atoms with Gasteiger partial charge in [-0.15, -0.1) is 11.8 Å². The van der Waals surface area contributed by atoms with Gasteiger partial charge in [0.25, 0.3) is 6.29 Å². The first-order valence-electron chi connectivity index (χ1n) is 16.2. The van der Waals surface area contributed by atoms with Gasteiger partial charge in [-0.2, -0.15) is 0 Å². The van der Waals surface area contributed by atoms with E-state index >= 15 is 0 Å². The zero-order chi connectivity index (χ0) is 41.4. The van der Waals surface area contributed by atoms with Crippen molar-refractivity contribution < 1.29 is 90.6 Å². The quantitative estimate of drug-likeness (QED) is 0.0969. The lowest BCUT2D eigenvalue weighted by Crippen LogP contribution is -2.66. The number of hydrogen-bond acceptors (Lipinski definition) is 20. The lowest BCUT2D eigenvalue weighted by atomic mass is 9.97. The Balaban J connectivity index is 4.27. The number of esters is 8. The molecule has 0 aromatic rings. The maximum Gasteiger partial charge on any atom is 0.305 e. The fraction of sp³-hybridized carbons (Fsp3) is 0.688. The predicted octanol–water partition coefficient (Wildman–Crippen LogP) is -0.872. The van der Waals surface area contributed by atoms with Crippen LogP contribution in [0.1, 0.15) is 69.2 Å². The van der Waals surface area contributed by atoms with Gasteiger partial charge in [0.1, 0.15) is 42.9 Å². The molecule has 0 aromatic heterocycles. The molecule has 1 saturated heterocycles. The molecule has 0 spiro atoms. The van der Waals surface area contributed by atoms with Crippen molar-refractivity contribution in [3.8, 4) is 0 Å². The van der Waals surface area contributed by atoms with Crippen molar-refractivity contribution in [3.63, 3.8) is 0 Å². The molecule has 54 heavy (non-hydrogen) atoms. The maximum absolute atomic E-state index is 12.8. The number of rotatable bonds is 18. The smallest absolute Gasteiger partial charge is 0.305 e. The fourth-order valence-corrected chi connectivity index (χ4v) is 6.72. The average Bonchev–Trinajstić information content (AvgIpc) is 2.99. The number of thioether (sulfide) groups is 1. The van der Waals surface area contributed by atoms with E-state index in [1.807, 2.05) is 0 Å². The fourth-order valence-electron chi connectivity index (χ4n) is 5.12. The van der Waals surface area contributed by atoms with Crippen LogP contribution in [0.2, 0.25) is 0 Å². The Morgan fingerprint density at radius 2 is 1.09 bits per heavy atom. The molecule has 2 N–H and O–H groups in total. The lowest BCUT2D eigenvalue weighted by molar-refractivity contribution is -0.212. The Bertz CT molecular complexity index is 1410. The summed E-state index contributed by atoms with van der Waals surface area (Å²) < 4.78 is 49.1. The minimum Gasteiger partial charge on any atom is -0.463 e. The second-order valence-corrected chi connectivity index (χ2v) is 12.9. The van der Waals surface area contributed by atoms with Crippen LogP contribution < -0.4 is 10.6 Å². The third kappa shape index (κ3) is 16.8. The van der Waals surface area contributed by atoms with Gasteiger partial charge in [0, 0.05) is 69.2 Å². The molecule has 1 rings (SSSR count). The van der Waals surface area contributed by atoms with E-state index in [1.165, 1.54) is 0 Å². The molecule has 304 valence electrons. The topological polar surface area (TPSA) is 278 Å². The molecule has 1 aliphatic heterocycles. The van der Waals surface area contributed by atoms with Gasteiger partial charge in [0.2, 0.25) is 11.8 Å². The summed E-state index contributed by atoms with van der Waals surface area (Å²) in [7, 11) is 0. The molecule has 1 heterocycles. The van der Waals surface area contributed by atoms with Crippen LogP contribution in [-0.2, 0) is 90.6 Å².